The summed E-state index contributed by atoms with van der Waals surface area (Å²) < 4.78 is 0. The first-order valence-electron chi connectivity index (χ1n) is 10.9. The minimum absolute atomic E-state index is 0.183. The fourth-order valence-corrected chi connectivity index (χ4v) is 4.28. The number of carboxylic acid groups (broad SMARTS) is 2. The van der Waals surface area contributed by atoms with E-state index in [2.05, 4.69) is 22.2 Å². The van der Waals surface area contributed by atoms with Gasteiger partial charge in [0.25, 0.3) is 5.91 Å². The molecule has 1 aliphatic rings. The van der Waals surface area contributed by atoms with E-state index in [9.17, 15) is 19.5 Å². The zero-order valence-electron chi connectivity index (χ0n) is 18.5. The van der Waals surface area contributed by atoms with E-state index < -0.39 is 23.9 Å². The smallest absolute Gasteiger partial charge is 0.326 e. The molecule has 2 unspecified atom stereocenters. The van der Waals surface area contributed by atoms with Crippen LogP contribution in [0.25, 0.3) is 0 Å². The number of aryl methyl sites for hydroxylation is 1. The number of nitrogens with zero attached hydrogens (tertiary/aromatic N) is 2. The van der Waals surface area contributed by atoms with Crippen LogP contribution in [0.3, 0.4) is 0 Å². The maximum absolute atomic E-state index is 12.4. The van der Waals surface area contributed by atoms with Crippen molar-refractivity contribution in [2.24, 2.45) is 0 Å². The number of nitrogen functional groups attached to an aromatic ring is 2. The second kappa shape index (κ2) is 10.3. The number of carboxylic acids is 2. The van der Waals surface area contributed by atoms with Crippen molar-refractivity contribution < 1.29 is 24.6 Å². The molecule has 1 aromatic carbocycles. The van der Waals surface area contributed by atoms with E-state index in [0.29, 0.717) is 17.3 Å². The third-order valence-corrected chi connectivity index (χ3v) is 6.15. The van der Waals surface area contributed by atoms with Gasteiger partial charge in [-0.1, -0.05) is 19.1 Å². The Kier molecular flexibility index (Phi) is 7.47. The molecule has 33 heavy (non-hydrogen) atoms. The predicted molar refractivity (Wildman–Crippen MR) is 122 cm³/mol. The number of aliphatic carboxylic acids is 2. The summed E-state index contributed by atoms with van der Waals surface area (Å²) in [7, 11) is 0. The topological polar surface area (TPSA) is 182 Å². The van der Waals surface area contributed by atoms with Crippen LogP contribution in [0.2, 0.25) is 0 Å². The van der Waals surface area contributed by atoms with Crippen molar-refractivity contribution in [2.75, 3.05) is 11.5 Å². The first-order valence-corrected chi connectivity index (χ1v) is 10.9. The molecule has 0 radical (unpaired) electrons. The van der Waals surface area contributed by atoms with E-state index >= 15 is 0 Å². The van der Waals surface area contributed by atoms with Gasteiger partial charge in [-0.2, -0.15) is 4.98 Å². The van der Waals surface area contributed by atoms with Crippen molar-refractivity contribution in [3.63, 3.8) is 0 Å². The van der Waals surface area contributed by atoms with Crippen molar-refractivity contribution in [3.8, 4) is 0 Å². The Bertz CT molecular complexity index is 1040. The van der Waals surface area contributed by atoms with E-state index in [1.165, 1.54) is 0 Å². The van der Waals surface area contributed by atoms with Crippen molar-refractivity contribution in [3.05, 3.63) is 46.6 Å². The van der Waals surface area contributed by atoms with Gasteiger partial charge in [0.15, 0.2) is 0 Å². The quantitative estimate of drug-likeness (QED) is 0.359. The van der Waals surface area contributed by atoms with Gasteiger partial charge in [-0.05, 0) is 61.6 Å². The van der Waals surface area contributed by atoms with Gasteiger partial charge < -0.3 is 27.0 Å². The molecule has 1 amide bonds. The lowest BCUT2D eigenvalue weighted by molar-refractivity contribution is -0.140. The summed E-state index contributed by atoms with van der Waals surface area (Å²) in [5.74, 6) is -1.72. The van der Waals surface area contributed by atoms with Crippen LogP contribution in [-0.2, 0) is 16.0 Å². The maximum atomic E-state index is 12.4. The third kappa shape index (κ3) is 5.97. The van der Waals surface area contributed by atoms with Crippen LogP contribution >= 0.6 is 0 Å². The van der Waals surface area contributed by atoms with Crippen LogP contribution < -0.4 is 16.8 Å². The highest BCUT2D eigenvalue weighted by Crippen LogP contribution is 2.40. The van der Waals surface area contributed by atoms with Crippen molar-refractivity contribution >= 4 is 29.6 Å². The van der Waals surface area contributed by atoms with Gasteiger partial charge in [0.1, 0.15) is 11.9 Å². The molecule has 0 fully saturated rings. The molecule has 10 heteroatoms. The third-order valence-electron chi connectivity index (χ3n) is 6.15. The zero-order chi connectivity index (χ0) is 24.1. The van der Waals surface area contributed by atoms with E-state index in [1.54, 1.807) is 12.1 Å². The van der Waals surface area contributed by atoms with Gasteiger partial charge in [-0.25, -0.2) is 9.78 Å². The minimum atomic E-state index is -1.27. The summed E-state index contributed by atoms with van der Waals surface area (Å²) >= 11 is 0. The Hall–Kier alpha value is -3.69. The molecule has 1 aromatic heterocycles. The highest BCUT2D eigenvalue weighted by molar-refractivity contribution is 5.96. The summed E-state index contributed by atoms with van der Waals surface area (Å²) in [6, 6.07) is 5.75. The van der Waals surface area contributed by atoms with Crippen LogP contribution in [0.4, 0.5) is 11.8 Å². The number of hydrogen-bond acceptors (Lipinski definition) is 7. The fourth-order valence-electron chi connectivity index (χ4n) is 4.28. The number of rotatable bonds is 10. The number of nitrogens with one attached hydrogen (secondary N) is 1. The number of amides is 1. The van der Waals surface area contributed by atoms with Crippen molar-refractivity contribution in [1.29, 1.82) is 0 Å². The average Bonchev–Trinajstić information content (AvgIpc) is 3.17. The molecule has 0 saturated carbocycles. The molecule has 2 aromatic rings. The summed E-state index contributed by atoms with van der Waals surface area (Å²) in [6.07, 6.45) is 3.13. The molecule has 0 aliphatic heterocycles. The van der Waals surface area contributed by atoms with Gasteiger partial charge in [0, 0.05) is 17.5 Å². The number of carbonyl (C=O) groups excluding carboxylic acids is 1. The molecule has 1 heterocycles. The number of anilines is 2. The fraction of sp³-hybridized carbons (Fsp3) is 0.435. The van der Waals surface area contributed by atoms with Crippen molar-refractivity contribution in [1.82, 2.24) is 15.3 Å². The molecule has 3 atom stereocenters. The summed E-state index contributed by atoms with van der Waals surface area (Å²) in [4.78, 5) is 42.8. The van der Waals surface area contributed by atoms with E-state index in [1.807, 2.05) is 12.1 Å². The van der Waals surface area contributed by atoms with Crippen LogP contribution in [-0.4, -0.2) is 44.1 Å². The molecule has 10 nitrogen and oxygen atoms in total. The number of hydrogen-bond donors (Lipinski definition) is 5. The molecule has 176 valence electrons. The Morgan fingerprint density at radius 1 is 1.12 bits per heavy atom. The van der Waals surface area contributed by atoms with Gasteiger partial charge in [-0.3, -0.25) is 9.59 Å². The first-order chi connectivity index (χ1) is 15.7. The number of fused-ring (bicyclic) bond motifs is 1. The van der Waals surface area contributed by atoms with Crippen molar-refractivity contribution in [2.45, 2.75) is 63.3 Å². The highest BCUT2D eigenvalue weighted by Gasteiger charge is 2.28. The normalized spacial score (nSPS) is 16.6. The SMILES string of the molecule is CC(CCC1CCc2nc(N)nc(N)c21)c1ccc(C(=O)N[C@@H](CCC(=O)O)C(=O)O)cc1. The highest BCUT2D eigenvalue weighted by atomic mass is 16.4. The lowest BCUT2D eigenvalue weighted by atomic mass is 9.89. The van der Waals surface area contributed by atoms with Crippen LogP contribution in [0, 0.1) is 0 Å². The lowest BCUT2D eigenvalue weighted by Crippen LogP contribution is -2.41. The largest absolute Gasteiger partial charge is 0.481 e. The van der Waals surface area contributed by atoms with Crippen LogP contribution in [0.5, 0.6) is 0 Å². The lowest BCUT2D eigenvalue weighted by Gasteiger charge is -2.17. The van der Waals surface area contributed by atoms with Gasteiger partial charge in [-0.15, -0.1) is 0 Å². The Labute approximate surface area is 191 Å². The first kappa shape index (κ1) is 24.0. The van der Waals surface area contributed by atoms with Gasteiger partial charge in [0.2, 0.25) is 5.95 Å². The Morgan fingerprint density at radius 3 is 2.45 bits per heavy atom. The zero-order valence-corrected chi connectivity index (χ0v) is 18.5. The summed E-state index contributed by atoms with van der Waals surface area (Å²) in [5.41, 5.74) is 15.1. The Balaban J connectivity index is 1.57. The second-order valence-corrected chi connectivity index (χ2v) is 8.46. The number of nitrogens with two attached hydrogens (primary N) is 2. The van der Waals surface area contributed by atoms with E-state index in [4.69, 9.17) is 16.6 Å². The van der Waals surface area contributed by atoms with E-state index in [0.717, 1.165) is 42.5 Å². The average molecular weight is 456 g/mol. The number of carbonyl (C=O) groups is 3. The number of aromatic nitrogens is 2. The van der Waals surface area contributed by atoms with Gasteiger partial charge >= 0.3 is 11.9 Å². The minimum Gasteiger partial charge on any atom is -0.481 e. The van der Waals surface area contributed by atoms with Crippen LogP contribution in [0.15, 0.2) is 24.3 Å². The molecule has 0 spiro atoms. The molecular weight excluding hydrogens is 426 g/mol. The predicted octanol–water partition coefficient (Wildman–Crippen LogP) is 2.30. The summed E-state index contributed by atoms with van der Waals surface area (Å²) in [6.45, 7) is 2.11. The number of benzene rings is 1. The summed E-state index contributed by atoms with van der Waals surface area (Å²) in [5, 5.41) is 20.3. The van der Waals surface area contributed by atoms with Gasteiger partial charge in [0.05, 0.1) is 5.69 Å². The van der Waals surface area contributed by atoms with E-state index in [-0.39, 0.29) is 24.7 Å². The molecule has 7 N–H and O–H groups in total. The van der Waals surface area contributed by atoms with Crippen LogP contribution in [0.1, 0.15) is 78.0 Å². The maximum Gasteiger partial charge on any atom is 0.326 e. The molecule has 0 bridgehead atoms. The monoisotopic (exact) mass is 455 g/mol. The standard InChI is InChI=1S/C23H29N5O5/c1-12(2-3-14-8-9-16-19(14)20(24)28-23(25)27-16)13-4-6-15(7-5-13)21(31)26-17(22(32)33)10-11-18(29)30/h4-7,12,14,17H,2-3,8-11H2,1H3,(H,26,31)(H,29,30)(H,32,33)(H4,24,25,27,28)/t12?,14?,17-/m0/s1. The molecule has 3 rings (SSSR count). The Morgan fingerprint density at radius 2 is 1.82 bits per heavy atom. The molecule has 0 saturated heterocycles. The second-order valence-electron chi connectivity index (χ2n) is 8.46. The molecule has 1 aliphatic carbocycles. The molecular formula is C23H29N5O5.